The monoisotopic (exact) mass is 674 g/mol. The van der Waals surface area contributed by atoms with E-state index >= 15 is 0 Å². The molecule has 0 heterocycles. The van der Waals surface area contributed by atoms with E-state index in [0.29, 0.717) is 66.8 Å². The van der Waals surface area contributed by atoms with Crippen LogP contribution in [0.1, 0.15) is 73.7 Å². The molecule has 49 heavy (non-hydrogen) atoms. The van der Waals surface area contributed by atoms with E-state index in [1.807, 2.05) is 6.08 Å². The molecule has 10 heteroatoms. The predicted octanol–water partition coefficient (Wildman–Crippen LogP) is 7.35. The quantitative estimate of drug-likeness (QED) is 0.0542. The van der Waals surface area contributed by atoms with Crippen molar-refractivity contribution in [3.05, 3.63) is 103 Å². The van der Waals surface area contributed by atoms with Crippen LogP contribution in [0.25, 0.3) is 0 Å². The van der Waals surface area contributed by atoms with Crippen LogP contribution in [0.3, 0.4) is 0 Å². The van der Waals surface area contributed by atoms with Gasteiger partial charge in [0.15, 0.2) is 0 Å². The molecular formula is C39H46O10. The Balaban J connectivity index is 1.33. The van der Waals surface area contributed by atoms with Crippen LogP contribution in [-0.2, 0) is 28.6 Å². The van der Waals surface area contributed by atoms with Gasteiger partial charge in [-0.1, -0.05) is 31.7 Å². The highest BCUT2D eigenvalue weighted by Crippen LogP contribution is 2.26. The molecule has 262 valence electrons. The third kappa shape index (κ3) is 14.8. The average Bonchev–Trinajstić information content (AvgIpc) is 3.11. The number of aryl methyl sites for hydroxylation is 1. The van der Waals surface area contributed by atoms with Crippen molar-refractivity contribution in [2.45, 2.75) is 70.8 Å². The Kier molecular flexibility index (Phi) is 17.1. The van der Waals surface area contributed by atoms with E-state index in [9.17, 15) is 19.2 Å². The maximum Gasteiger partial charge on any atom is 0.343 e. The zero-order valence-corrected chi connectivity index (χ0v) is 28.2. The summed E-state index contributed by atoms with van der Waals surface area (Å²) in [5.74, 6) is -0.452. The first-order chi connectivity index (χ1) is 23.8. The minimum atomic E-state index is -0.520. The maximum absolute atomic E-state index is 12.8. The Morgan fingerprint density at radius 2 is 1.31 bits per heavy atom. The molecule has 0 amide bonds. The van der Waals surface area contributed by atoms with E-state index in [2.05, 4.69) is 13.2 Å². The van der Waals surface area contributed by atoms with Crippen LogP contribution in [0.5, 0.6) is 17.2 Å². The van der Waals surface area contributed by atoms with Gasteiger partial charge in [-0.15, -0.1) is 0 Å². The summed E-state index contributed by atoms with van der Waals surface area (Å²) >= 11 is 0. The number of esters is 4. The number of unbranched alkanes of at least 4 members (excludes halogenated alkanes) is 6. The van der Waals surface area contributed by atoms with Crippen LogP contribution >= 0.6 is 0 Å². The minimum absolute atomic E-state index is 0.103. The van der Waals surface area contributed by atoms with Crippen molar-refractivity contribution in [3.63, 3.8) is 0 Å². The lowest BCUT2D eigenvalue weighted by molar-refractivity contribution is -0.138. The average molecular weight is 675 g/mol. The number of rotatable bonds is 22. The van der Waals surface area contributed by atoms with Crippen molar-refractivity contribution in [3.8, 4) is 17.2 Å². The number of hydrogen-bond donors (Lipinski definition) is 0. The lowest BCUT2D eigenvalue weighted by Crippen LogP contribution is -2.17. The van der Waals surface area contributed by atoms with E-state index < -0.39 is 23.9 Å². The van der Waals surface area contributed by atoms with E-state index in [0.717, 1.165) is 63.5 Å². The Hall–Kier alpha value is -4.96. The summed E-state index contributed by atoms with van der Waals surface area (Å²) in [4.78, 5) is 47.5. The number of carbonyl (C=O) groups excluding carboxylic acids is 4. The van der Waals surface area contributed by atoms with Gasteiger partial charge in [0.25, 0.3) is 0 Å². The largest absolute Gasteiger partial charge is 0.494 e. The molecule has 0 bridgehead atoms. The summed E-state index contributed by atoms with van der Waals surface area (Å²) in [6, 6.07) is 11.6. The smallest absolute Gasteiger partial charge is 0.343 e. The molecule has 1 unspecified atom stereocenters. The molecule has 0 radical (unpaired) electrons. The molecule has 3 rings (SSSR count). The van der Waals surface area contributed by atoms with Crippen molar-refractivity contribution < 1.29 is 47.6 Å². The van der Waals surface area contributed by atoms with Gasteiger partial charge < -0.3 is 28.4 Å². The normalized spacial score (nSPS) is 13.5. The molecule has 10 nitrogen and oxygen atoms in total. The topological polar surface area (TPSA) is 124 Å². The van der Waals surface area contributed by atoms with Crippen molar-refractivity contribution in [2.24, 2.45) is 0 Å². The van der Waals surface area contributed by atoms with E-state index in [-0.39, 0.29) is 6.10 Å². The van der Waals surface area contributed by atoms with Crippen molar-refractivity contribution in [1.82, 2.24) is 0 Å². The summed E-state index contributed by atoms with van der Waals surface area (Å²) in [7, 11) is 0. The number of carbonyl (C=O) groups is 4. The molecule has 1 aliphatic carbocycles. The molecule has 2 aromatic rings. The predicted molar refractivity (Wildman–Crippen MR) is 185 cm³/mol. The fourth-order valence-electron chi connectivity index (χ4n) is 4.69. The SMILES string of the molecule is C=CC(=O)OCCCCCCOc1ccc(C(=O)Oc2ccc(OC(=O)C3=CCC(OCCCCCCOC(=O)C=C)C=C3)c(C)c2)cc1. The molecule has 0 saturated heterocycles. The van der Waals surface area contributed by atoms with Crippen molar-refractivity contribution in [1.29, 1.82) is 0 Å². The van der Waals surface area contributed by atoms with Crippen LogP contribution in [0, 0.1) is 6.92 Å². The van der Waals surface area contributed by atoms with Crippen LogP contribution in [0.2, 0.25) is 0 Å². The fraction of sp³-hybridized carbons (Fsp3) is 0.385. The molecule has 0 aliphatic heterocycles. The van der Waals surface area contributed by atoms with Crippen molar-refractivity contribution in [2.75, 3.05) is 26.4 Å². The summed E-state index contributed by atoms with van der Waals surface area (Å²) < 4.78 is 32.7. The molecule has 0 spiro atoms. The minimum Gasteiger partial charge on any atom is -0.494 e. The Morgan fingerprint density at radius 3 is 1.88 bits per heavy atom. The highest BCUT2D eigenvalue weighted by molar-refractivity contribution is 5.94. The zero-order valence-electron chi connectivity index (χ0n) is 28.2. The van der Waals surface area contributed by atoms with Crippen LogP contribution < -0.4 is 14.2 Å². The lowest BCUT2D eigenvalue weighted by atomic mass is 10.0. The Labute approximate surface area is 288 Å². The van der Waals surface area contributed by atoms with Gasteiger partial charge in [0.2, 0.25) is 0 Å². The summed E-state index contributed by atoms with van der Waals surface area (Å²) in [5, 5.41) is 0. The van der Waals surface area contributed by atoms with Gasteiger partial charge >= 0.3 is 23.9 Å². The standard InChI is InChI=1S/C39H46O10/c1-4-36(40)46-26-12-8-6-10-24-44-32-18-14-30(15-19-32)38(42)48-34-22-23-35(29(3)28-34)49-39(43)31-16-20-33(21-17-31)45-25-11-7-9-13-27-47-37(41)5-2/h4-5,14-20,22-23,28,33H,1-2,6-13,21,24-27H2,3H3. The van der Waals surface area contributed by atoms with Crippen LogP contribution in [-0.4, -0.2) is 56.4 Å². The third-order valence-electron chi connectivity index (χ3n) is 7.45. The van der Waals surface area contributed by atoms with Gasteiger partial charge in [-0.25, -0.2) is 19.2 Å². The van der Waals surface area contributed by atoms with Gasteiger partial charge in [-0.2, -0.15) is 0 Å². The Morgan fingerprint density at radius 1 is 0.714 bits per heavy atom. The molecule has 0 aromatic heterocycles. The van der Waals surface area contributed by atoms with E-state index in [4.69, 9.17) is 28.4 Å². The van der Waals surface area contributed by atoms with Gasteiger partial charge in [-0.05, 0) is 112 Å². The highest BCUT2D eigenvalue weighted by Gasteiger charge is 2.17. The number of hydrogen-bond acceptors (Lipinski definition) is 10. The summed E-state index contributed by atoms with van der Waals surface area (Å²) in [5.41, 5.74) is 1.46. The van der Waals surface area contributed by atoms with E-state index in [1.54, 1.807) is 61.5 Å². The second-order valence-corrected chi connectivity index (χ2v) is 11.3. The van der Waals surface area contributed by atoms with Crippen LogP contribution in [0.15, 0.2) is 91.6 Å². The first kappa shape index (κ1) is 38.5. The molecule has 0 saturated carbocycles. The lowest BCUT2D eigenvalue weighted by Gasteiger charge is -2.17. The number of ether oxygens (including phenoxy) is 6. The zero-order chi connectivity index (χ0) is 35.3. The first-order valence-corrected chi connectivity index (χ1v) is 16.6. The third-order valence-corrected chi connectivity index (χ3v) is 7.45. The van der Waals surface area contributed by atoms with Gasteiger partial charge in [0.1, 0.15) is 17.2 Å². The molecule has 0 N–H and O–H groups in total. The second kappa shape index (κ2) is 21.8. The van der Waals surface area contributed by atoms with Gasteiger partial charge in [0, 0.05) is 18.8 Å². The summed E-state index contributed by atoms with van der Waals surface area (Å²) in [6.07, 6.45) is 15.3. The molecule has 1 atom stereocenters. The van der Waals surface area contributed by atoms with Crippen LogP contribution in [0.4, 0.5) is 0 Å². The molecule has 1 aliphatic rings. The second-order valence-electron chi connectivity index (χ2n) is 11.3. The van der Waals surface area contributed by atoms with E-state index in [1.165, 1.54) is 0 Å². The number of benzene rings is 2. The highest BCUT2D eigenvalue weighted by atomic mass is 16.5. The molecule has 0 fully saturated rings. The van der Waals surface area contributed by atoms with Crippen molar-refractivity contribution >= 4 is 23.9 Å². The molecular weight excluding hydrogens is 628 g/mol. The van der Waals surface area contributed by atoms with Gasteiger partial charge in [0.05, 0.1) is 37.1 Å². The maximum atomic E-state index is 12.8. The first-order valence-electron chi connectivity index (χ1n) is 16.6. The fourth-order valence-corrected chi connectivity index (χ4v) is 4.69. The Bertz CT molecular complexity index is 1470. The summed E-state index contributed by atoms with van der Waals surface area (Å²) in [6.45, 7) is 10.4. The van der Waals surface area contributed by atoms with Gasteiger partial charge in [-0.3, -0.25) is 0 Å². The molecule has 2 aromatic carbocycles.